The van der Waals surface area contributed by atoms with E-state index in [1.165, 1.54) is 0 Å². The van der Waals surface area contributed by atoms with Crippen LogP contribution in [0, 0.1) is 6.92 Å². The van der Waals surface area contributed by atoms with Gasteiger partial charge in [-0.2, -0.15) is 15.2 Å². The van der Waals surface area contributed by atoms with Gasteiger partial charge < -0.3 is 19.0 Å². The highest BCUT2D eigenvalue weighted by Gasteiger charge is 2.23. The van der Waals surface area contributed by atoms with Crippen LogP contribution in [0.25, 0.3) is 39.8 Å². The van der Waals surface area contributed by atoms with E-state index < -0.39 is 0 Å². The quantitative estimate of drug-likeness (QED) is 0.336. The smallest absolute Gasteiger partial charge is 0.253 e. The molecule has 0 aliphatic carbocycles. The molecule has 190 valence electrons. The first kappa shape index (κ1) is 23.4. The molecule has 0 spiro atoms. The van der Waals surface area contributed by atoms with Gasteiger partial charge in [-0.25, -0.2) is 9.67 Å². The number of likely N-dealkylation sites (N-methyl/N-ethyl adjacent to an activating group) is 1. The number of morpholine rings is 1. The summed E-state index contributed by atoms with van der Waals surface area (Å²) < 4.78 is 15.7. The molecule has 6 rings (SSSR count). The first-order valence-electron chi connectivity index (χ1n) is 12.5. The fourth-order valence-corrected chi connectivity index (χ4v) is 4.47. The van der Waals surface area contributed by atoms with Gasteiger partial charge in [-0.3, -0.25) is 4.68 Å². The first-order valence-corrected chi connectivity index (χ1v) is 12.5. The van der Waals surface area contributed by atoms with Crippen molar-refractivity contribution in [2.45, 2.75) is 13.5 Å². The lowest BCUT2D eigenvalue weighted by Gasteiger charge is -2.27. The summed E-state index contributed by atoms with van der Waals surface area (Å²) in [6.07, 6.45) is 1.89. The zero-order valence-electron chi connectivity index (χ0n) is 21.3. The summed E-state index contributed by atoms with van der Waals surface area (Å²) in [6.45, 7) is 6.53. The number of fused-ring (bicyclic) bond motifs is 1. The zero-order valence-corrected chi connectivity index (χ0v) is 21.3. The van der Waals surface area contributed by atoms with Crippen LogP contribution in [0.3, 0.4) is 0 Å². The molecule has 1 aliphatic rings. The van der Waals surface area contributed by atoms with E-state index in [9.17, 15) is 0 Å². The van der Waals surface area contributed by atoms with Crippen molar-refractivity contribution in [2.75, 3.05) is 51.8 Å². The van der Waals surface area contributed by atoms with Crippen LogP contribution in [-0.4, -0.2) is 81.4 Å². The molecule has 5 heterocycles. The summed E-state index contributed by atoms with van der Waals surface area (Å²) in [5, 5.41) is 9.56. The minimum atomic E-state index is 0.496. The van der Waals surface area contributed by atoms with Crippen molar-refractivity contribution >= 4 is 16.9 Å². The fraction of sp³-hybridized carbons (Fsp3) is 0.333. The topological polar surface area (TPSA) is 90.3 Å². The van der Waals surface area contributed by atoms with E-state index in [2.05, 4.69) is 36.9 Å². The lowest BCUT2D eigenvalue weighted by molar-refractivity contribution is 0.122. The number of nitrogens with zero attached hydrogens (tertiary/aromatic N) is 8. The molecular formula is C27H30N8O2. The summed E-state index contributed by atoms with van der Waals surface area (Å²) in [7, 11) is 4.12. The Morgan fingerprint density at radius 2 is 1.76 bits per heavy atom. The van der Waals surface area contributed by atoms with Gasteiger partial charge >= 0.3 is 0 Å². The Balaban J connectivity index is 1.41. The predicted molar refractivity (Wildman–Crippen MR) is 142 cm³/mol. The van der Waals surface area contributed by atoms with Gasteiger partial charge in [-0.05, 0) is 33.2 Å². The normalized spacial score (nSPS) is 14.2. The van der Waals surface area contributed by atoms with Crippen LogP contribution in [-0.2, 0) is 11.3 Å². The third kappa shape index (κ3) is 4.73. The molecular weight excluding hydrogens is 468 g/mol. The Kier molecular flexibility index (Phi) is 6.19. The van der Waals surface area contributed by atoms with Crippen LogP contribution in [0.1, 0.15) is 5.69 Å². The number of hydrogen-bond acceptors (Lipinski definition) is 8. The van der Waals surface area contributed by atoms with E-state index in [1.54, 1.807) is 4.68 Å². The maximum atomic E-state index is 6.37. The highest BCUT2D eigenvalue weighted by molar-refractivity contribution is 5.88. The molecule has 0 amide bonds. The monoisotopic (exact) mass is 498 g/mol. The van der Waals surface area contributed by atoms with Crippen molar-refractivity contribution < 1.29 is 9.15 Å². The second kappa shape index (κ2) is 9.79. The summed E-state index contributed by atoms with van der Waals surface area (Å²) in [4.78, 5) is 14.1. The van der Waals surface area contributed by atoms with E-state index >= 15 is 0 Å². The SMILES string of the molecule is Cc1cc(-c2cc3nc(-n4ccc(-c5ccccc5)n4)nc(N4CCOCC4)c3o2)nn1CCN(C)C. The van der Waals surface area contributed by atoms with Gasteiger partial charge in [0.05, 0.1) is 25.5 Å². The van der Waals surface area contributed by atoms with Gasteiger partial charge in [0.1, 0.15) is 11.2 Å². The largest absolute Gasteiger partial charge is 0.449 e. The van der Waals surface area contributed by atoms with Crippen molar-refractivity contribution in [3.63, 3.8) is 0 Å². The third-order valence-corrected chi connectivity index (χ3v) is 6.51. The van der Waals surface area contributed by atoms with E-state index in [4.69, 9.17) is 29.3 Å². The Labute approximate surface area is 215 Å². The molecule has 0 N–H and O–H groups in total. The highest BCUT2D eigenvalue weighted by Crippen LogP contribution is 2.33. The number of aromatic nitrogens is 6. The maximum absolute atomic E-state index is 6.37. The summed E-state index contributed by atoms with van der Waals surface area (Å²) in [6, 6.07) is 16.1. The van der Waals surface area contributed by atoms with Crippen LogP contribution < -0.4 is 4.90 Å². The second-order valence-corrected chi connectivity index (χ2v) is 9.48. The van der Waals surface area contributed by atoms with Crippen LogP contribution in [0.4, 0.5) is 5.82 Å². The van der Waals surface area contributed by atoms with Crippen molar-refractivity contribution in [3.05, 3.63) is 60.4 Å². The number of benzene rings is 1. The Morgan fingerprint density at radius 1 is 0.946 bits per heavy atom. The van der Waals surface area contributed by atoms with Crippen LogP contribution in [0.2, 0.25) is 0 Å². The Bertz CT molecular complexity index is 1510. The van der Waals surface area contributed by atoms with E-state index in [1.807, 2.05) is 53.3 Å². The highest BCUT2D eigenvalue weighted by atomic mass is 16.5. The number of furan rings is 1. The molecule has 10 heteroatoms. The minimum absolute atomic E-state index is 0.496. The molecule has 0 radical (unpaired) electrons. The van der Waals surface area contributed by atoms with Crippen molar-refractivity contribution in [2.24, 2.45) is 0 Å². The average molecular weight is 499 g/mol. The molecule has 1 fully saturated rings. The molecule has 10 nitrogen and oxygen atoms in total. The maximum Gasteiger partial charge on any atom is 0.253 e. The third-order valence-electron chi connectivity index (χ3n) is 6.51. The summed E-state index contributed by atoms with van der Waals surface area (Å²) >= 11 is 0. The second-order valence-electron chi connectivity index (χ2n) is 9.48. The summed E-state index contributed by atoms with van der Waals surface area (Å²) in [5.74, 6) is 1.92. The van der Waals surface area contributed by atoms with E-state index in [0.29, 0.717) is 30.5 Å². The Morgan fingerprint density at radius 3 is 2.54 bits per heavy atom. The van der Waals surface area contributed by atoms with E-state index in [0.717, 1.165) is 60.2 Å². The fourth-order valence-electron chi connectivity index (χ4n) is 4.47. The number of anilines is 1. The van der Waals surface area contributed by atoms with Crippen molar-refractivity contribution in [1.82, 2.24) is 34.4 Å². The lowest BCUT2D eigenvalue weighted by atomic mass is 10.2. The van der Waals surface area contributed by atoms with Gasteiger partial charge in [0.2, 0.25) is 0 Å². The minimum Gasteiger partial charge on any atom is -0.449 e. The molecule has 37 heavy (non-hydrogen) atoms. The van der Waals surface area contributed by atoms with Crippen LogP contribution in [0.15, 0.2) is 59.1 Å². The van der Waals surface area contributed by atoms with Gasteiger partial charge in [-0.1, -0.05) is 30.3 Å². The molecule has 0 bridgehead atoms. The molecule has 4 aromatic heterocycles. The molecule has 0 atom stereocenters. The zero-order chi connectivity index (χ0) is 25.4. The molecule has 1 aromatic carbocycles. The molecule has 0 unspecified atom stereocenters. The van der Waals surface area contributed by atoms with Crippen molar-refractivity contribution in [3.8, 4) is 28.7 Å². The predicted octanol–water partition coefficient (Wildman–Crippen LogP) is 3.65. The lowest BCUT2D eigenvalue weighted by Crippen LogP contribution is -2.37. The van der Waals surface area contributed by atoms with Gasteiger partial charge in [0, 0.05) is 43.2 Å². The number of aryl methyl sites for hydroxylation is 1. The van der Waals surface area contributed by atoms with Crippen LogP contribution >= 0.6 is 0 Å². The standard InChI is InChI=1S/C27H30N8O2/c1-19-17-22(31-34(19)12-11-32(2)3)24-18-23-25(37-24)26(33-13-15-36-16-14-33)29-27(28-23)35-10-9-21(30-35)20-7-5-4-6-8-20/h4-10,17-18H,11-16H2,1-3H3. The van der Waals surface area contributed by atoms with Crippen LogP contribution in [0.5, 0.6) is 0 Å². The number of rotatable bonds is 7. The van der Waals surface area contributed by atoms with Gasteiger partial charge in [-0.15, -0.1) is 0 Å². The number of hydrogen-bond donors (Lipinski definition) is 0. The molecule has 1 saturated heterocycles. The van der Waals surface area contributed by atoms with Gasteiger partial charge in [0.25, 0.3) is 5.95 Å². The first-order chi connectivity index (χ1) is 18.0. The molecule has 1 aliphatic heterocycles. The molecule has 5 aromatic rings. The van der Waals surface area contributed by atoms with Crippen molar-refractivity contribution in [1.29, 1.82) is 0 Å². The average Bonchev–Trinajstić information content (AvgIpc) is 3.66. The summed E-state index contributed by atoms with van der Waals surface area (Å²) in [5.41, 5.74) is 5.15. The molecule has 0 saturated carbocycles. The van der Waals surface area contributed by atoms with E-state index in [-0.39, 0.29) is 0 Å². The van der Waals surface area contributed by atoms with Gasteiger partial charge in [0.15, 0.2) is 17.2 Å². The number of ether oxygens (including phenoxy) is 1. The Hall–Kier alpha value is -4.02.